The van der Waals surface area contributed by atoms with E-state index >= 15 is 0 Å². The molecule has 0 atom stereocenters. The third-order valence-corrected chi connectivity index (χ3v) is 2.26. The van der Waals surface area contributed by atoms with E-state index in [9.17, 15) is 17.6 Å². The Morgan fingerprint density at radius 3 is 2.47 bits per heavy atom. The molecule has 0 spiro atoms. The standard InChI is InChI=1S/C10H8F4O/c11-7-2-1-3-8(9(7)12)15-6-4-10(13,14)5-6/h1-3,6H,4-5H2. The first-order chi connectivity index (χ1) is 6.98. The lowest BCUT2D eigenvalue weighted by Crippen LogP contribution is -2.43. The van der Waals surface area contributed by atoms with Gasteiger partial charge in [-0.25, -0.2) is 13.2 Å². The summed E-state index contributed by atoms with van der Waals surface area (Å²) >= 11 is 0. The molecule has 82 valence electrons. The fourth-order valence-corrected chi connectivity index (χ4v) is 1.44. The molecule has 1 aliphatic carbocycles. The molecule has 0 bridgehead atoms. The highest BCUT2D eigenvalue weighted by atomic mass is 19.3. The van der Waals surface area contributed by atoms with E-state index in [0.29, 0.717) is 0 Å². The first kappa shape index (κ1) is 10.3. The van der Waals surface area contributed by atoms with Crippen LogP contribution in [0.15, 0.2) is 18.2 Å². The van der Waals surface area contributed by atoms with Crippen molar-refractivity contribution in [3.8, 4) is 5.75 Å². The second-order valence-corrected chi connectivity index (χ2v) is 3.56. The minimum atomic E-state index is -2.73. The summed E-state index contributed by atoms with van der Waals surface area (Å²) in [4.78, 5) is 0. The lowest BCUT2D eigenvalue weighted by Gasteiger charge is -2.34. The molecule has 1 aromatic rings. The highest BCUT2D eigenvalue weighted by Gasteiger charge is 2.47. The lowest BCUT2D eigenvalue weighted by molar-refractivity contribution is -0.135. The fraction of sp³-hybridized carbons (Fsp3) is 0.400. The quantitative estimate of drug-likeness (QED) is 0.695. The molecule has 0 heterocycles. The number of halogens is 4. The maximum Gasteiger partial charge on any atom is 0.255 e. The van der Waals surface area contributed by atoms with Crippen molar-refractivity contribution in [2.45, 2.75) is 24.9 Å². The van der Waals surface area contributed by atoms with Gasteiger partial charge in [-0.1, -0.05) is 6.07 Å². The highest BCUT2D eigenvalue weighted by Crippen LogP contribution is 2.40. The zero-order valence-electron chi connectivity index (χ0n) is 7.64. The molecule has 15 heavy (non-hydrogen) atoms. The van der Waals surface area contributed by atoms with E-state index in [1.54, 1.807) is 0 Å². The van der Waals surface area contributed by atoms with E-state index in [2.05, 4.69) is 0 Å². The number of hydrogen-bond donors (Lipinski definition) is 0. The third kappa shape index (κ3) is 2.06. The van der Waals surface area contributed by atoms with Crippen molar-refractivity contribution in [1.82, 2.24) is 0 Å². The normalized spacial score (nSPS) is 19.7. The molecule has 1 fully saturated rings. The number of ether oxygens (including phenoxy) is 1. The van der Waals surface area contributed by atoms with Crippen molar-refractivity contribution >= 4 is 0 Å². The zero-order valence-corrected chi connectivity index (χ0v) is 7.64. The van der Waals surface area contributed by atoms with Crippen LogP contribution in [0.3, 0.4) is 0 Å². The Hall–Kier alpha value is -1.26. The van der Waals surface area contributed by atoms with Crippen LogP contribution in [0, 0.1) is 11.6 Å². The van der Waals surface area contributed by atoms with E-state index in [-0.39, 0.29) is 5.75 Å². The second-order valence-electron chi connectivity index (χ2n) is 3.56. The van der Waals surface area contributed by atoms with Crippen LogP contribution in [0.5, 0.6) is 5.75 Å². The Balaban J connectivity index is 2.03. The summed E-state index contributed by atoms with van der Waals surface area (Å²) in [6.45, 7) is 0. The van der Waals surface area contributed by atoms with Crippen molar-refractivity contribution in [2.24, 2.45) is 0 Å². The number of benzene rings is 1. The van der Waals surface area contributed by atoms with Gasteiger partial charge in [-0.3, -0.25) is 0 Å². The third-order valence-electron chi connectivity index (χ3n) is 2.26. The van der Waals surface area contributed by atoms with Gasteiger partial charge >= 0.3 is 0 Å². The van der Waals surface area contributed by atoms with E-state index in [4.69, 9.17) is 4.74 Å². The van der Waals surface area contributed by atoms with E-state index in [0.717, 1.165) is 6.07 Å². The van der Waals surface area contributed by atoms with Gasteiger partial charge in [0.1, 0.15) is 6.10 Å². The van der Waals surface area contributed by atoms with Crippen LogP contribution in [0.25, 0.3) is 0 Å². The van der Waals surface area contributed by atoms with Crippen LogP contribution >= 0.6 is 0 Å². The SMILES string of the molecule is Fc1cccc(OC2CC(F)(F)C2)c1F. The number of rotatable bonds is 2. The van der Waals surface area contributed by atoms with E-state index in [1.807, 2.05) is 0 Å². The van der Waals surface area contributed by atoms with Crippen LogP contribution in [0.2, 0.25) is 0 Å². The van der Waals surface area contributed by atoms with Gasteiger partial charge in [-0.15, -0.1) is 0 Å². The van der Waals surface area contributed by atoms with Crippen LogP contribution in [-0.2, 0) is 0 Å². The maximum atomic E-state index is 13.0. The van der Waals surface area contributed by atoms with Crippen molar-refractivity contribution in [1.29, 1.82) is 0 Å². The van der Waals surface area contributed by atoms with Gasteiger partial charge < -0.3 is 4.74 Å². The second kappa shape index (κ2) is 3.40. The van der Waals surface area contributed by atoms with Gasteiger partial charge in [-0.05, 0) is 12.1 Å². The highest BCUT2D eigenvalue weighted by molar-refractivity contribution is 5.25. The Kier molecular flexibility index (Phi) is 2.32. The molecule has 0 aromatic heterocycles. The molecular formula is C10H8F4O. The molecule has 5 heteroatoms. The first-order valence-electron chi connectivity index (χ1n) is 4.46. The molecule has 0 N–H and O–H groups in total. The Morgan fingerprint density at radius 1 is 1.20 bits per heavy atom. The summed E-state index contributed by atoms with van der Waals surface area (Å²) < 4.78 is 55.5. The molecular weight excluding hydrogens is 212 g/mol. The van der Waals surface area contributed by atoms with Crippen LogP contribution in [0.4, 0.5) is 17.6 Å². The Labute approximate surface area is 83.7 Å². The Bertz CT molecular complexity index is 370. The van der Waals surface area contributed by atoms with Gasteiger partial charge in [0.2, 0.25) is 5.82 Å². The minimum Gasteiger partial charge on any atom is -0.487 e. The molecule has 1 aliphatic rings. The van der Waals surface area contributed by atoms with Crippen LogP contribution in [-0.4, -0.2) is 12.0 Å². The Morgan fingerprint density at radius 2 is 1.87 bits per heavy atom. The first-order valence-corrected chi connectivity index (χ1v) is 4.46. The van der Waals surface area contributed by atoms with Gasteiger partial charge in [0.25, 0.3) is 5.92 Å². The summed E-state index contributed by atoms with van der Waals surface area (Å²) in [7, 11) is 0. The molecule has 0 saturated heterocycles. The van der Waals surface area contributed by atoms with Crippen molar-refractivity contribution in [3.05, 3.63) is 29.8 Å². The largest absolute Gasteiger partial charge is 0.487 e. The monoisotopic (exact) mass is 220 g/mol. The smallest absolute Gasteiger partial charge is 0.255 e. The van der Waals surface area contributed by atoms with E-state index in [1.165, 1.54) is 12.1 Å². The molecule has 1 nitrogen and oxygen atoms in total. The van der Waals surface area contributed by atoms with Crippen molar-refractivity contribution < 1.29 is 22.3 Å². The number of hydrogen-bond acceptors (Lipinski definition) is 1. The lowest BCUT2D eigenvalue weighted by atomic mass is 9.91. The fourth-order valence-electron chi connectivity index (χ4n) is 1.44. The summed E-state index contributed by atoms with van der Waals surface area (Å²) in [5, 5.41) is 0. The average molecular weight is 220 g/mol. The summed E-state index contributed by atoms with van der Waals surface area (Å²) in [5.41, 5.74) is 0. The van der Waals surface area contributed by atoms with Crippen LogP contribution < -0.4 is 4.74 Å². The van der Waals surface area contributed by atoms with Gasteiger partial charge in [0, 0.05) is 12.8 Å². The summed E-state index contributed by atoms with van der Waals surface area (Å²) in [6.07, 6.45) is -1.61. The molecule has 0 radical (unpaired) electrons. The van der Waals surface area contributed by atoms with E-state index < -0.39 is 36.5 Å². The molecule has 0 aliphatic heterocycles. The van der Waals surface area contributed by atoms with Gasteiger partial charge in [-0.2, -0.15) is 4.39 Å². The molecule has 2 rings (SSSR count). The predicted molar refractivity (Wildman–Crippen MR) is 45.0 cm³/mol. The maximum absolute atomic E-state index is 13.0. The molecule has 1 saturated carbocycles. The predicted octanol–water partition coefficient (Wildman–Crippen LogP) is 3.14. The van der Waals surface area contributed by atoms with Crippen LogP contribution in [0.1, 0.15) is 12.8 Å². The zero-order chi connectivity index (χ0) is 11.1. The number of alkyl halides is 2. The molecule has 0 unspecified atom stereocenters. The van der Waals surface area contributed by atoms with Crippen molar-refractivity contribution in [3.63, 3.8) is 0 Å². The topological polar surface area (TPSA) is 9.23 Å². The minimum absolute atomic E-state index is 0.310. The van der Waals surface area contributed by atoms with Crippen molar-refractivity contribution in [2.75, 3.05) is 0 Å². The molecule has 0 amide bonds. The average Bonchev–Trinajstić information content (AvgIpc) is 2.10. The summed E-state index contributed by atoms with van der Waals surface area (Å²) in [5.74, 6) is -5.21. The van der Waals surface area contributed by atoms with Gasteiger partial charge in [0.15, 0.2) is 11.6 Å². The summed E-state index contributed by atoms with van der Waals surface area (Å²) in [6, 6.07) is 3.43. The molecule has 1 aromatic carbocycles. The van der Waals surface area contributed by atoms with Gasteiger partial charge in [0.05, 0.1) is 0 Å².